The number of rotatable bonds is 1. The Kier molecular flexibility index (Phi) is 1.83. The summed E-state index contributed by atoms with van der Waals surface area (Å²) in [6, 6.07) is 0. The van der Waals surface area contributed by atoms with Gasteiger partial charge in [-0.2, -0.15) is 5.10 Å². The number of ether oxygens (including phenoxy) is 1. The van der Waals surface area contributed by atoms with Gasteiger partial charge in [0.25, 0.3) is 0 Å². The van der Waals surface area contributed by atoms with Gasteiger partial charge in [-0.1, -0.05) is 0 Å². The SMILES string of the molecule is CC1(c2cnnc(N)n2)CCOC1=O. The summed E-state index contributed by atoms with van der Waals surface area (Å²) in [6.45, 7) is 2.19. The summed E-state index contributed by atoms with van der Waals surface area (Å²) in [4.78, 5) is 15.4. The largest absolute Gasteiger partial charge is 0.465 e. The number of hydrogen-bond acceptors (Lipinski definition) is 6. The zero-order chi connectivity index (χ0) is 10.2. The van der Waals surface area contributed by atoms with E-state index >= 15 is 0 Å². The summed E-state index contributed by atoms with van der Waals surface area (Å²) < 4.78 is 4.89. The number of nitrogens with two attached hydrogens (primary N) is 1. The Balaban J connectivity index is 2.43. The van der Waals surface area contributed by atoms with E-state index in [-0.39, 0.29) is 11.9 Å². The van der Waals surface area contributed by atoms with E-state index in [0.717, 1.165) is 0 Å². The van der Waals surface area contributed by atoms with E-state index in [2.05, 4.69) is 15.2 Å². The minimum Gasteiger partial charge on any atom is -0.465 e. The van der Waals surface area contributed by atoms with E-state index in [0.29, 0.717) is 18.7 Å². The minimum absolute atomic E-state index is 0.0726. The molecule has 0 radical (unpaired) electrons. The van der Waals surface area contributed by atoms with Crippen molar-refractivity contribution in [3.05, 3.63) is 11.9 Å². The maximum atomic E-state index is 11.5. The molecule has 0 spiro atoms. The standard InChI is InChI=1S/C8H10N4O2/c1-8(2-3-14-6(8)13)5-4-10-12-7(9)11-5/h4H,2-3H2,1H3,(H2,9,11,12). The van der Waals surface area contributed by atoms with Gasteiger partial charge in [0.15, 0.2) is 0 Å². The fourth-order valence-corrected chi connectivity index (χ4v) is 1.43. The van der Waals surface area contributed by atoms with Gasteiger partial charge < -0.3 is 10.5 Å². The molecule has 0 amide bonds. The van der Waals surface area contributed by atoms with Crippen LogP contribution in [0.3, 0.4) is 0 Å². The molecular formula is C8H10N4O2. The van der Waals surface area contributed by atoms with Crippen LogP contribution in [-0.4, -0.2) is 27.8 Å². The number of anilines is 1. The average molecular weight is 194 g/mol. The van der Waals surface area contributed by atoms with E-state index in [1.54, 1.807) is 6.92 Å². The Morgan fingerprint density at radius 2 is 2.43 bits per heavy atom. The predicted octanol–water partition coefficient (Wildman–Crippen LogP) is -0.342. The van der Waals surface area contributed by atoms with E-state index in [1.165, 1.54) is 6.20 Å². The Hall–Kier alpha value is -1.72. The van der Waals surface area contributed by atoms with Crippen LogP contribution in [0.15, 0.2) is 6.20 Å². The number of nitrogens with zero attached hydrogens (tertiary/aromatic N) is 3. The summed E-state index contributed by atoms with van der Waals surface area (Å²) in [6.07, 6.45) is 2.05. The van der Waals surface area contributed by atoms with Gasteiger partial charge >= 0.3 is 5.97 Å². The number of esters is 1. The number of cyclic esters (lactones) is 1. The second-order valence-corrected chi connectivity index (χ2v) is 3.42. The number of aromatic nitrogens is 3. The van der Waals surface area contributed by atoms with Crippen LogP contribution in [0.4, 0.5) is 5.95 Å². The molecule has 14 heavy (non-hydrogen) atoms. The summed E-state index contributed by atoms with van der Waals surface area (Å²) in [7, 11) is 0. The maximum Gasteiger partial charge on any atom is 0.318 e. The van der Waals surface area contributed by atoms with Crippen molar-refractivity contribution >= 4 is 11.9 Å². The Morgan fingerprint density at radius 3 is 3.00 bits per heavy atom. The third-order valence-electron chi connectivity index (χ3n) is 2.43. The van der Waals surface area contributed by atoms with Gasteiger partial charge in [0.2, 0.25) is 5.95 Å². The van der Waals surface area contributed by atoms with Gasteiger partial charge in [0, 0.05) is 6.42 Å². The minimum atomic E-state index is -0.718. The number of nitrogen functional groups attached to an aromatic ring is 1. The molecule has 6 heteroatoms. The zero-order valence-corrected chi connectivity index (χ0v) is 7.73. The molecule has 1 aromatic heterocycles. The molecule has 1 aromatic rings. The van der Waals surface area contributed by atoms with Crippen molar-refractivity contribution in [2.45, 2.75) is 18.8 Å². The van der Waals surface area contributed by atoms with Crippen LogP contribution in [0.1, 0.15) is 19.0 Å². The van der Waals surface area contributed by atoms with Crippen molar-refractivity contribution in [2.75, 3.05) is 12.3 Å². The van der Waals surface area contributed by atoms with Crippen LogP contribution >= 0.6 is 0 Å². The van der Waals surface area contributed by atoms with Crippen LogP contribution < -0.4 is 5.73 Å². The third kappa shape index (κ3) is 1.19. The molecule has 0 saturated carbocycles. The van der Waals surface area contributed by atoms with E-state index in [1.807, 2.05) is 0 Å². The van der Waals surface area contributed by atoms with Crippen molar-refractivity contribution in [3.8, 4) is 0 Å². The second kappa shape index (κ2) is 2.90. The fourth-order valence-electron chi connectivity index (χ4n) is 1.43. The monoisotopic (exact) mass is 194 g/mol. The van der Waals surface area contributed by atoms with Crippen molar-refractivity contribution < 1.29 is 9.53 Å². The van der Waals surface area contributed by atoms with Gasteiger partial charge in [-0.15, -0.1) is 5.10 Å². The molecule has 1 unspecified atom stereocenters. The lowest BCUT2D eigenvalue weighted by atomic mass is 9.86. The van der Waals surface area contributed by atoms with Crippen LogP contribution in [0.2, 0.25) is 0 Å². The molecule has 2 rings (SSSR count). The van der Waals surface area contributed by atoms with Gasteiger partial charge in [-0.3, -0.25) is 4.79 Å². The maximum absolute atomic E-state index is 11.5. The van der Waals surface area contributed by atoms with Crippen LogP contribution in [0, 0.1) is 0 Å². The lowest BCUT2D eigenvalue weighted by Gasteiger charge is -2.16. The van der Waals surface area contributed by atoms with Gasteiger partial charge in [-0.25, -0.2) is 4.98 Å². The highest BCUT2D eigenvalue weighted by Crippen LogP contribution is 2.32. The molecular weight excluding hydrogens is 184 g/mol. The summed E-state index contributed by atoms with van der Waals surface area (Å²) in [5.74, 6) is -0.208. The van der Waals surface area contributed by atoms with E-state index in [9.17, 15) is 4.79 Å². The quantitative estimate of drug-likeness (QED) is 0.615. The van der Waals surface area contributed by atoms with Gasteiger partial charge in [0.05, 0.1) is 18.5 Å². The lowest BCUT2D eigenvalue weighted by Crippen LogP contribution is -2.29. The topological polar surface area (TPSA) is 91.0 Å². The van der Waals surface area contributed by atoms with Crippen molar-refractivity contribution in [1.82, 2.24) is 15.2 Å². The third-order valence-corrected chi connectivity index (χ3v) is 2.43. The number of carbonyl (C=O) groups is 1. The fraction of sp³-hybridized carbons (Fsp3) is 0.500. The number of carbonyl (C=O) groups excluding carboxylic acids is 1. The second-order valence-electron chi connectivity index (χ2n) is 3.42. The van der Waals surface area contributed by atoms with Crippen molar-refractivity contribution in [1.29, 1.82) is 0 Å². The first kappa shape index (κ1) is 8.86. The first-order valence-electron chi connectivity index (χ1n) is 4.26. The highest BCUT2D eigenvalue weighted by molar-refractivity contribution is 5.83. The molecule has 6 nitrogen and oxygen atoms in total. The molecule has 0 bridgehead atoms. The van der Waals surface area contributed by atoms with Crippen molar-refractivity contribution in [3.63, 3.8) is 0 Å². The summed E-state index contributed by atoms with van der Waals surface area (Å²) in [5.41, 5.74) is 5.20. The molecule has 1 fully saturated rings. The lowest BCUT2D eigenvalue weighted by molar-refractivity contribution is -0.142. The highest BCUT2D eigenvalue weighted by Gasteiger charge is 2.43. The van der Waals surface area contributed by atoms with E-state index in [4.69, 9.17) is 10.5 Å². The highest BCUT2D eigenvalue weighted by atomic mass is 16.5. The van der Waals surface area contributed by atoms with Gasteiger partial charge in [0.1, 0.15) is 5.41 Å². The zero-order valence-electron chi connectivity index (χ0n) is 7.73. The molecule has 1 atom stereocenters. The Morgan fingerprint density at radius 1 is 1.64 bits per heavy atom. The smallest absolute Gasteiger partial charge is 0.318 e. The molecule has 74 valence electrons. The van der Waals surface area contributed by atoms with Crippen LogP contribution in [0.25, 0.3) is 0 Å². The normalized spacial score (nSPS) is 26.2. The number of hydrogen-bond donors (Lipinski definition) is 1. The Bertz CT molecular complexity index is 381. The summed E-state index contributed by atoms with van der Waals surface area (Å²) >= 11 is 0. The van der Waals surface area contributed by atoms with Gasteiger partial charge in [-0.05, 0) is 6.92 Å². The molecule has 1 saturated heterocycles. The van der Waals surface area contributed by atoms with Crippen LogP contribution in [-0.2, 0) is 14.9 Å². The average Bonchev–Trinajstić information content (AvgIpc) is 2.49. The molecule has 0 aliphatic carbocycles. The summed E-state index contributed by atoms with van der Waals surface area (Å²) in [5, 5.41) is 7.20. The van der Waals surface area contributed by atoms with E-state index < -0.39 is 5.41 Å². The molecule has 1 aliphatic heterocycles. The first-order chi connectivity index (χ1) is 6.63. The Labute approximate surface area is 80.5 Å². The first-order valence-corrected chi connectivity index (χ1v) is 4.26. The molecule has 1 aliphatic rings. The predicted molar refractivity (Wildman–Crippen MR) is 47.2 cm³/mol. The molecule has 0 aromatic carbocycles. The van der Waals surface area contributed by atoms with Crippen molar-refractivity contribution in [2.24, 2.45) is 0 Å². The molecule has 2 N–H and O–H groups in total. The molecule has 2 heterocycles. The van der Waals surface area contributed by atoms with Crippen LogP contribution in [0.5, 0.6) is 0 Å².